The van der Waals surface area contributed by atoms with Gasteiger partial charge >= 0.3 is 5.97 Å². The molecule has 43 heavy (non-hydrogen) atoms. The minimum atomic E-state index is -1.02. The van der Waals surface area contributed by atoms with Gasteiger partial charge in [-0.3, -0.25) is 9.89 Å². The number of carboxylic acids is 1. The average molecular weight is 607 g/mol. The number of carbonyl (C=O) groups is 1. The van der Waals surface area contributed by atoms with Gasteiger partial charge in [-0.05, 0) is 98.7 Å². The van der Waals surface area contributed by atoms with Gasteiger partial charge < -0.3 is 20.8 Å². The number of fused-ring (bicyclic) bond motifs is 1. The molecule has 1 aliphatic carbocycles. The van der Waals surface area contributed by atoms with E-state index in [1.54, 1.807) is 30.5 Å². The molecule has 2 heterocycles. The van der Waals surface area contributed by atoms with Crippen LogP contribution in [0.15, 0.2) is 62.9 Å². The van der Waals surface area contributed by atoms with Crippen LogP contribution in [0, 0.1) is 6.92 Å². The fourth-order valence-corrected chi connectivity index (χ4v) is 5.32. The number of H-pyrrole nitrogens is 1. The van der Waals surface area contributed by atoms with Crippen molar-refractivity contribution in [3.63, 3.8) is 0 Å². The number of hydrogen-bond donors (Lipinski definition) is 5. The van der Waals surface area contributed by atoms with Gasteiger partial charge in [0, 0.05) is 5.56 Å². The Labute approximate surface area is 256 Å². The van der Waals surface area contributed by atoms with Crippen LogP contribution in [0.25, 0.3) is 16.8 Å². The normalized spacial score (nSPS) is 11.9. The summed E-state index contributed by atoms with van der Waals surface area (Å²) >= 11 is 1.08. The lowest BCUT2D eigenvalue weighted by atomic mass is 10.1. The zero-order valence-corrected chi connectivity index (χ0v) is 26.3. The number of para-hydroxylation sites is 1. The van der Waals surface area contributed by atoms with E-state index in [4.69, 9.17) is 5.11 Å². The molecule has 2 aromatic carbocycles. The van der Waals surface area contributed by atoms with Crippen molar-refractivity contribution in [1.82, 2.24) is 20.4 Å². The van der Waals surface area contributed by atoms with Crippen molar-refractivity contribution in [2.45, 2.75) is 53.9 Å². The van der Waals surface area contributed by atoms with Crippen LogP contribution in [0.1, 0.15) is 60.6 Å². The highest BCUT2D eigenvalue weighted by Crippen LogP contribution is 2.39. The van der Waals surface area contributed by atoms with Crippen LogP contribution < -0.4 is 16.2 Å². The van der Waals surface area contributed by atoms with Crippen LogP contribution in [-0.4, -0.2) is 52.1 Å². The number of thiophene rings is 1. The van der Waals surface area contributed by atoms with E-state index in [9.17, 15) is 14.7 Å². The van der Waals surface area contributed by atoms with Gasteiger partial charge in [-0.25, -0.2) is 9.48 Å². The Bertz CT molecular complexity index is 1580. The fourth-order valence-electron chi connectivity index (χ4n) is 4.57. The Balaban J connectivity index is 0.000000440. The predicted molar refractivity (Wildman–Crippen MR) is 174 cm³/mol. The maximum absolute atomic E-state index is 13.0. The lowest BCUT2D eigenvalue weighted by molar-refractivity contribution is 0.0702. The van der Waals surface area contributed by atoms with Crippen LogP contribution in [0.5, 0.6) is 5.75 Å². The van der Waals surface area contributed by atoms with Gasteiger partial charge in [0.1, 0.15) is 10.6 Å². The third kappa shape index (κ3) is 8.73. The van der Waals surface area contributed by atoms with Gasteiger partial charge in [0.15, 0.2) is 11.4 Å². The van der Waals surface area contributed by atoms with Gasteiger partial charge in [0.05, 0.1) is 11.4 Å². The summed E-state index contributed by atoms with van der Waals surface area (Å²) in [5, 5.41) is 39.0. The summed E-state index contributed by atoms with van der Waals surface area (Å²) in [4.78, 5) is 24.3. The monoisotopic (exact) mass is 606 g/mol. The molecule has 10 nitrogen and oxygen atoms in total. The summed E-state index contributed by atoms with van der Waals surface area (Å²) in [6.07, 6.45) is 3.21. The SMILES string of the molecule is CCNCC.CCNCC.Cc1[nH]n(-c2ccc3c(c2)CCC3)c(=O)c1N=Nc1cccc(-c2csc(C(=O)O)c2)c1O. The number of nitrogens with zero attached hydrogens (tertiary/aromatic N) is 3. The number of aromatic carboxylic acids is 1. The zero-order chi connectivity index (χ0) is 31.4. The lowest BCUT2D eigenvalue weighted by Gasteiger charge is -2.05. The molecule has 0 aliphatic heterocycles. The second kappa shape index (κ2) is 16.5. The number of hydrogen-bond acceptors (Lipinski definition) is 8. The van der Waals surface area contributed by atoms with Crippen molar-refractivity contribution in [2.75, 3.05) is 26.2 Å². The molecule has 0 atom stereocenters. The summed E-state index contributed by atoms with van der Waals surface area (Å²) in [6, 6.07) is 12.4. The van der Waals surface area contributed by atoms with Crippen molar-refractivity contribution in [1.29, 1.82) is 0 Å². The van der Waals surface area contributed by atoms with Crippen molar-refractivity contribution < 1.29 is 15.0 Å². The number of aromatic nitrogens is 2. The predicted octanol–water partition coefficient (Wildman–Crippen LogP) is 6.74. The molecule has 4 aromatic rings. The molecule has 0 amide bonds. The Morgan fingerprint density at radius 2 is 1.65 bits per heavy atom. The van der Waals surface area contributed by atoms with Crippen molar-refractivity contribution >= 4 is 28.7 Å². The molecule has 0 spiro atoms. The first-order valence-corrected chi connectivity index (χ1v) is 15.5. The standard InChI is InChI=1S/C24H20N4O4S.2C4H11N/c1-13-21(23(30)28(27-13)17-9-8-14-4-2-5-15(14)10-17)26-25-19-7-3-6-18(22(19)29)16-11-20(24(31)32)33-12-16;2*1-3-5-4-2/h3,6-12,27,29H,2,4-5H2,1H3,(H,31,32);2*5H,3-4H2,1-2H3. The molecule has 0 fully saturated rings. The number of aryl methyl sites for hydroxylation is 3. The van der Waals surface area contributed by atoms with Gasteiger partial charge in [-0.2, -0.15) is 0 Å². The molecule has 0 unspecified atom stereocenters. The topological polar surface area (TPSA) is 144 Å². The number of aromatic hydroxyl groups is 1. The fraction of sp³-hybridized carbons (Fsp3) is 0.375. The lowest BCUT2D eigenvalue weighted by Crippen LogP contribution is -2.14. The van der Waals surface area contributed by atoms with E-state index < -0.39 is 5.97 Å². The summed E-state index contributed by atoms with van der Waals surface area (Å²) < 4.78 is 1.46. The minimum Gasteiger partial charge on any atom is -0.505 e. The quantitative estimate of drug-likeness (QED) is 0.133. The Morgan fingerprint density at radius 3 is 2.26 bits per heavy atom. The molecule has 1 aliphatic rings. The Kier molecular flexibility index (Phi) is 12.9. The van der Waals surface area contributed by atoms with E-state index in [0.717, 1.165) is 62.5 Å². The number of aromatic amines is 1. The van der Waals surface area contributed by atoms with E-state index in [0.29, 0.717) is 16.8 Å². The second-order valence-electron chi connectivity index (χ2n) is 9.82. The molecular formula is C32H42N6O4S. The van der Waals surface area contributed by atoms with Crippen molar-refractivity contribution in [3.05, 3.63) is 79.9 Å². The highest BCUT2D eigenvalue weighted by molar-refractivity contribution is 7.12. The zero-order valence-electron chi connectivity index (χ0n) is 25.5. The molecule has 5 N–H and O–H groups in total. The molecule has 2 aromatic heterocycles. The molecule has 5 rings (SSSR count). The van der Waals surface area contributed by atoms with Crippen molar-refractivity contribution in [2.24, 2.45) is 10.2 Å². The van der Waals surface area contributed by atoms with Crippen LogP contribution in [0.4, 0.5) is 11.4 Å². The first-order chi connectivity index (χ1) is 20.7. The largest absolute Gasteiger partial charge is 0.505 e. The number of phenols is 1. The van der Waals surface area contributed by atoms with Crippen molar-refractivity contribution in [3.8, 4) is 22.6 Å². The second-order valence-corrected chi connectivity index (χ2v) is 10.7. The summed E-state index contributed by atoms with van der Waals surface area (Å²) in [5.74, 6) is -1.16. The Morgan fingerprint density at radius 1 is 0.977 bits per heavy atom. The van der Waals surface area contributed by atoms with E-state index in [2.05, 4.69) is 59.7 Å². The number of nitrogens with one attached hydrogen (secondary N) is 3. The minimum absolute atomic E-state index is 0.136. The summed E-state index contributed by atoms with van der Waals surface area (Å²) in [7, 11) is 0. The maximum Gasteiger partial charge on any atom is 0.345 e. The van der Waals surface area contributed by atoms with Gasteiger partial charge in [-0.15, -0.1) is 21.6 Å². The molecule has 0 saturated heterocycles. The highest BCUT2D eigenvalue weighted by atomic mass is 32.1. The molecule has 0 saturated carbocycles. The van der Waals surface area contributed by atoms with Crippen LogP contribution in [0.3, 0.4) is 0 Å². The van der Waals surface area contributed by atoms with Crippen LogP contribution in [-0.2, 0) is 12.8 Å². The van der Waals surface area contributed by atoms with E-state index in [1.165, 1.54) is 21.9 Å². The third-order valence-electron chi connectivity index (χ3n) is 6.77. The molecule has 11 heteroatoms. The van der Waals surface area contributed by atoms with Gasteiger partial charge in [0.2, 0.25) is 0 Å². The summed E-state index contributed by atoms with van der Waals surface area (Å²) in [6.45, 7) is 14.5. The first-order valence-electron chi connectivity index (χ1n) is 14.7. The number of azo groups is 1. The molecule has 0 bridgehead atoms. The smallest absolute Gasteiger partial charge is 0.345 e. The number of benzene rings is 2. The molecular weight excluding hydrogens is 564 g/mol. The maximum atomic E-state index is 13.0. The van der Waals surface area contributed by atoms with Gasteiger partial charge in [-0.1, -0.05) is 45.9 Å². The third-order valence-corrected chi connectivity index (χ3v) is 7.69. The van der Waals surface area contributed by atoms with Crippen LogP contribution >= 0.6 is 11.3 Å². The van der Waals surface area contributed by atoms with E-state index in [1.807, 2.05) is 12.1 Å². The average Bonchev–Trinajstić information content (AvgIpc) is 3.73. The number of rotatable bonds is 9. The first kappa shape index (κ1) is 33.4. The molecule has 230 valence electrons. The summed E-state index contributed by atoms with van der Waals surface area (Å²) in [5.41, 5.74) is 4.92. The van der Waals surface area contributed by atoms with Crippen LogP contribution in [0.2, 0.25) is 0 Å². The Hall–Kier alpha value is -4.06. The highest BCUT2D eigenvalue weighted by Gasteiger charge is 2.17. The number of carboxylic acid groups (broad SMARTS) is 1. The van der Waals surface area contributed by atoms with Gasteiger partial charge in [0.25, 0.3) is 5.56 Å². The van der Waals surface area contributed by atoms with E-state index >= 15 is 0 Å². The van der Waals surface area contributed by atoms with E-state index in [-0.39, 0.29) is 27.6 Å². The molecule has 0 radical (unpaired) electrons. The number of phenolic OH excluding ortho intramolecular Hbond substituents is 1.